The largest absolute Gasteiger partial charge is 0.497 e. The van der Waals surface area contributed by atoms with Crippen molar-refractivity contribution in [2.24, 2.45) is 0 Å². The number of ether oxygens (including phenoxy) is 3. The van der Waals surface area contributed by atoms with Crippen molar-refractivity contribution < 1.29 is 19.0 Å². The molecule has 6 heteroatoms. The fourth-order valence-electron chi connectivity index (χ4n) is 2.82. The summed E-state index contributed by atoms with van der Waals surface area (Å²) in [4.78, 5) is 11.6. The van der Waals surface area contributed by atoms with Gasteiger partial charge in [-0.05, 0) is 48.7 Å². The number of fused-ring (bicyclic) bond motifs is 1. The van der Waals surface area contributed by atoms with Gasteiger partial charge in [0.2, 0.25) is 0 Å². The summed E-state index contributed by atoms with van der Waals surface area (Å²) >= 11 is 12.7. The lowest BCUT2D eigenvalue weighted by molar-refractivity contribution is 0.0600. The van der Waals surface area contributed by atoms with Crippen LogP contribution in [0.5, 0.6) is 11.5 Å². The molecule has 2 aromatic carbocycles. The van der Waals surface area contributed by atoms with Gasteiger partial charge < -0.3 is 14.2 Å². The van der Waals surface area contributed by atoms with Gasteiger partial charge in [-0.15, -0.1) is 0 Å². The molecule has 0 saturated heterocycles. The number of hydrogen-bond donors (Lipinski definition) is 0. The van der Waals surface area contributed by atoms with Crippen molar-refractivity contribution in [3.63, 3.8) is 0 Å². The Kier molecular flexibility index (Phi) is 4.88. The van der Waals surface area contributed by atoms with E-state index < -0.39 is 0 Å². The van der Waals surface area contributed by atoms with Gasteiger partial charge in [-0.3, -0.25) is 0 Å². The molecule has 3 rings (SSSR count). The minimum Gasteiger partial charge on any atom is -0.497 e. The third-order valence-electron chi connectivity index (χ3n) is 4.04. The molecule has 0 bridgehead atoms. The first-order chi connectivity index (χ1) is 11.5. The maximum atomic E-state index is 11.6. The third-order valence-corrected chi connectivity index (χ3v) is 4.66. The number of carbonyl (C=O) groups is 1. The number of carbonyl (C=O) groups excluding carboxylic acids is 1. The molecule has 0 aliphatic carbocycles. The van der Waals surface area contributed by atoms with E-state index in [0.717, 1.165) is 23.3 Å². The molecule has 4 nitrogen and oxygen atoms in total. The monoisotopic (exact) mass is 366 g/mol. The van der Waals surface area contributed by atoms with E-state index in [0.29, 0.717) is 27.8 Å². The van der Waals surface area contributed by atoms with Crippen molar-refractivity contribution in [1.82, 2.24) is 0 Å². The molecular weight excluding hydrogens is 351 g/mol. The van der Waals surface area contributed by atoms with Crippen LogP contribution in [0.3, 0.4) is 0 Å². The second kappa shape index (κ2) is 6.91. The van der Waals surface area contributed by atoms with Gasteiger partial charge in [-0.1, -0.05) is 23.2 Å². The lowest BCUT2D eigenvalue weighted by atomic mass is 9.96. The van der Waals surface area contributed by atoms with Gasteiger partial charge in [0.05, 0.1) is 29.8 Å². The summed E-state index contributed by atoms with van der Waals surface area (Å²) in [5.41, 5.74) is 2.23. The molecule has 0 spiro atoms. The quantitative estimate of drug-likeness (QED) is 0.728. The molecule has 2 aromatic rings. The summed E-state index contributed by atoms with van der Waals surface area (Å²) in [6.45, 7) is 0. The maximum Gasteiger partial charge on any atom is 0.337 e. The molecular formula is C18H16Cl2O4. The minimum atomic E-state index is -0.360. The molecule has 126 valence electrons. The Morgan fingerprint density at radius 1 is 1.17 bits per heavy atom. The van der Waals surface area contributed by atoms with Crippen molar-refractivity contribution in [2.45, 2.75) is 18.9 Å². The highest BCUT2D eigenvalue weighted by Gasteiger charge is 2.26. The van der Waals surface area contributed by atoms with Crippen LogP contribution in [0, 0.1) is 0 Å². The molecule has 0 radical (unpaired) electrons. The Hall–Kier alpha value is -1.91. The van der Waals surface area contributed by atoms with Gasteiger partial charge in [0.25, 0.3) is 0 Å². The number of esters is 1. The van der Waals surface area contributed by atoms with Crippen LogP contribution in [-0.4, -0.2) is 20.2 Å². The summed E-state index contributed by atoms with van der Waals surface area (Å²) in [7, 11) is 2.93. The lowest BCUT2D eigenvalue weighted by Gasteiger charge is -2.28. The van der Waals surface area contributed by atoms with Gasteiger partial charge in [-0.2, -0.15) is 0 Å². The van der Waals surface area contributed by atoms with Crippen molar-refractivity contribution in [3.8, 4) is 11.5 Å². The van der Waals surface area contributed by atoms with E-state index in [1.807, 2.05) is 0 Å². The smallest absolute Gasteiger partial charge is 0.337 e. The summed E-state index contributed by atoms with van der Waals surface area (Å²) < 4.78 is 16.0. The highest BCUT2D eigenvalue weighted by atomic mass is 35.5. The predicted molar refractivity (Wildman–Crippen MR) is 92.5 cm³/mol. The van der Waals surface area contributed by atoms with Gasteiger partial charge in [0.1, 0.15) is 17.6 Å². The van der Waals surface area contributed by atoms with Crippen LogP contribution in [0.2, 0.25) is 10.0 Å². The summed E-state index contributed by atoms with van der Waals surface area (Å²) in [6.07, 6.45) is 1.22. The number of rotatable bonds is 3. The van der Waals surface area contributed by atoms with Crippen LogP contribution in [0.15, 0.2) is 30.3 Å². The van der Waals surface area contributed by atoms with Crippen molar-refractivity contribution >= 4 is 29.2 Å². The topological polar surface area (TPSA) is 44.8 Å². The molecule has 1 heterocycles. The van der Waals surface area contributed by atoms with Crippen LogP contribution >= 0.6 is 23.2 Å². The number of methoxy groups -OCH3 is 2. The van der Waals surface area contributed by atoms with Crippen LogP contribution in [0.25, 0.3) is 0 Å². The summed E-state index contributed by atoms with van der Waals surface area (Å²) in [6, 6.07) is 8.71. The van der Waals surface area contributed by atoms with Crippen molar-refractivity contribution in [2.75, 3.05) is 14.2 Å². The number of aryl methyl sites for hydroxylation is 1. The molecule has 1 atom stereocenters. The molecule has 0 aromatic heterocycles. The van der Waals surface area contributed by atoms with E-state index in [4.69, 9.17) is 37.4 Å². The first-order valence-electron chi connectivity index (χ1n) is 7.44. The zero-order valence-electron chi connectivity index (χ0n) is 13.3. The summed E-state index contributed by atoms with van der Waals surface area (Å²) in [5, 5.41) is 1.03. The molecule has 0 amide bonds. The van der Waals surface area contributed by atoms with Gasteiger partial charge in [0, 0.05) is 5.56 Å². The zero-order valence-corrected chi connectivity index (χ0v) is 14.8. The molecule has 0 fully saturated rings. The predicted octanol–water partition coefficient (Wildman–Crippen LogP) is 4.85. The molecule has 24 heavy (non-hydrogen) atoms. The highest BCUT2D eigenvalue weighted by Crippen LogP contribution is 2.42. The first-order valence-corrected chi connectivity index (χ1v) is 8.20. The van der Waals surface area contributed by atoms with E-state index in [1.165, 1.54) is 7.11 Å². The lowest BCUT2D eigenvalue weighted by Crippen LogP contribution is -2.17. The Labute approximate surface area is 150 Å². The fourth-order valence-corrected chi connectivity index (χ4v) is 3.53. The molecule has 1 unspecified atom stereocenters. The SMILES string of the molecule is COC(=O)c1ccc2c(c1)CCC(c1c(Cl)cc(OC)cc1Cl)O2. The summed E-state index contributed by atoms with van der Waals surface area (Å²) in [5.74, 6) is 0.968. The van der Waals surface area contributed by atoms with E-state index in [1.54, 1.807) is 37.4 Å². The Morgan fingerprint density at radius 2 is 1.88 bits per heavy atom. The van der Waals surface area contributed by atoms with E-state index in [9.17, 15) is 4.79 Å². The minimum absolute atomic E-state index is 0.243. The molecule has 0 N–H and O–H groups in total. The molecule has 0 saturated carbocycles. The standard InChI is InChI=1S/C18H16Cl2O4/c1-22-12-8-13(19)17(14(20)9-12)16-6-3-10-7-11(18(21)23-2)4-5-15(10)24-16/h4-5,7-9,16H,3,6H2,1-2H3. The Bertz CT molecular complexity index is 766. The van der Waals surface area contributed by atoms with E-state index >= 15 is 0 Å². The second-order valence-corrected chi connectivity index (χ2v) is 6.28. The van der Waals surface area contributed by atoms with Crippen LogP contribution in [-0.2, 0) is 11.2 Å². The molecule has 1 aliphatic heterocycles. The van der Waals surface area contributed by atoms with Crippen LogP contribution in [0.4, 0.5) is 0 Å². The Balaban J connectivity index is 1.89. The second-order valence-electron chi connectivity index (χ2n) is 5.46. The van der Waals surface area contributed by atoms with Crippen molar-refractivity contribution in [1.29, 1.82) is 0 Å². The first kappa shape index (κ1) is 16.9. The van der Waals surface area contributed by atoms with Crippen LogP contribution in [0.1, 0.15) is 34.0 Å². The normalized spacial score (nSPS) is 16.1. The van der Waals surface area contributed by atoms with E-state index in [2.05, 4.69) is 0 Å². The van der Waals surface area contributed by atoms with Gasteiger partial charge in [0.15, 0.2) is 0 Å². The van der Waals surface area contributed by atoms with Crippen LogP contribution < -0.4 is 9.47 Å². The number of halogens is 2. The third kappa shape index (κ3) is 3.17. The highest BCUT2D eigenvalue weighted by molar-refractivity contribution is 6.36. The zero-order chi connectivity index (χ0) is 17.3. The van der Waals surface area contributed by atoms with Gasteiger partial charge >= 0.3 is 5.97 Å². The number of hydrogen-bond acceptors (Lipinski definition) is 4. The maximum absolute atomic E-state index is 11.6. The average Bonchev–Trinajstić information content (AvgIpc) is 2.59. The Morgan fingerprint density at radius 3 is 2.50 bits per heavy atom. The number of benzene rings is 2. The average molecular weight is 367 g/mol. The van der Waals surface area contributed by atoms with E-state index in [-0.39, 0.29) is 12.1 Å². The van der Waals surface area contributed by atoms with Gasteiger partial charge in [-0.25, -0.2) is 4.79 Å². The van der Waals surface area contributed by atoms with Crippen molar-refractivity contribution in [3.05, 3.63) is 57.1 Å². The molecule has 1 aliphatic rings. The fraction of sp³-hybridized carbons (Fsp3) is 0.278.